The normalized spacial score (nSPS) is 12.0. The van der Waals surface area contributed by atoms with Crippen molar-refractivity contribution in [1.82, 2.24) is 10.2 Å². The number of urea groups is 1. The number of aliphatic hydroxyl groups excluding tert-OH is 1. The smallest absolute Gasteiger partial charge is 0.321 e. The van der Waals surface area contributed by atoms with Gasteiger partial charge in [0.15, 0.2) is 0 Å². The summed E-state index contributed by atoms with van der Waals surface area (Å²) < 4.78 is 0. The Labute approximate surface area is 121 Å². The Morgan fingerprint density at radius 2 is 2.15 bits per heavy atom. The Hall–Kier alpha value is -1.59. The number of benzene rings is 1. The molecule has 0 aliphatic carbocycles. The van der Waals surface area contributed by atoms with E-state index in [4.69, 9.17) is 5.11 Å². The van der Waals surface area contributed by atoms with Crippen LogP contribution < -0.4 is 10.6 Å². The van der Waals surface area contributed by atoms with Crippen LogP contribution in [0.2, 0.25) is 0 Å². The highest BCUT2D eigenvalue weighted by Gasteiger charge is 2.11. The molecule has 1 rings (SSSR count). The fourth-order valence-electron chi connectivity index (χ4n) is 2.04. The lowest BCUT2D eigenvalue weighted by molar-refractivity contribution is 0.192. The van der Waals surface area contributed by atoms with Gasteiger partial charge in [0, 0.05) is 24.8 Å². The van der Waals surface area contributed by atoms with Crippen LogP contribution in [0.1, 0.15) is 32.4 Å². The largest absolute Gasteiger partial charge is 0.395 e. The average molecular weight is 279 g/mol. The van der Waals surface area contributed by atoms with Crippen LogP contribution in [0.5, 0.6) is 0 Å². The van der Waals surface area contributed by atoms with E-state index in [1.807, 2.05) is 31.2 Å². The summed E-state index contributed by atoms with van der Waals surface area (Å²) in [5.74, 6) is 0. The molecule has 1 aromatic carbocycles. The van der Waals surface area contributed by atoms with Crippen LogP contribution in [0.4, 0.5) is 10.5 Å². The molecule has 0 aromatic heterocycles. The van der Waals surface area contributed by atoms with Crippen LogP contribution in [0.15, 0.2) is 24.3 Å². The zero-order chi connectivity index (χ0) is 15.0. The van der Waals surface area contributed by atoms with Gasteiger partial charge in [-0.1, -0.05) is 19.1 Å². The Morgan fingerprint density at radius 1 is 1.40 bits per heavy atom. The summed E-state index contributed by atoms with van der Waals surface area (Å²) in [4.78, 5) is 13.6. The minimum absolute atomic E-state index is 0.0290. The lowest BCUT2D eigenvalue weighted by Crippen LogP contribution is -2.36. The van der Waals surface area contributed by atoms with Crippen molar-refractivity contribution < 1.29 is 9.90 Å². The number of carbonyl (C=O) groups is 1. The number of amides is 2. The second kappa shape index (κ2) is 8.55. The molecule has 5 nitrogen and oxygen atoms in total. The molecule has 3 N–H and O–H groups in total. The summed E-state index contributed by atoms with van der Waals surface area (Å²) in [6, 6.07) is 7.87. The second-order valence-corrected chi connectivity index (χ2v) is 4.64. The monoisotopic (exact) mass is 279 g/mol. The third-order valence-corrected chi connectivity index (χ3v) is 3.19. The van der Waals surface area contributed by atoms with E-state index in [1.165, 1.54) is 0 Å². The van der Waals surface area contributed by atoms with E-state index >= 15 is 0 Å². The van der Waals surface area contributed by atoms with Gasteiger partial charge in [-0.15, -0.1) is 0 Å². The van der Waals surface area contributed by atoms with Gasteiger partial charge in [-0.05, 0) is 38.1 Å². The van der Waals surface area contributed by atoms with Gasteiger partial charge in [-0.3, -0.25) is 0 Å². The molecule has 0 aliphatic rings. The molecule has 1 unspecified atom stereocenters. The molecule has 5 heteroatoms. The second-order valence-electron chi connectivity index (χ2n) is 4.64. The van der Waals surface area contributed by atoms with E-state index in [0.29, 0.717) is 13.1 Å². The van der Waals surface area contributed by atoms with E-state index < -0.39 is 0 Å². The van der Waals surface area contributed by atoms with Crippen molar-refractivity contribution in [2.24, 2.45) is 0 Å². The Kier molecular flexibility index (Phi) is 7.04. The summed E-state index contributed by atoms with van der Waals surface area (Å²) in [5, 5.41) is 15.1. The summed E-state index contributed by atoms with van der Waals surface area (Å²) in [6.45, 7) is 7.83. The minimum atomic E-state index is -0.185. The maximum Gasteiger partial charge on any atom is 0.321 e. The van der Waals surface area contributed by atoms with Gasteiger partial charge in [0.2, 0.25) is 0 Å². The third-order valence-electron chi connectivity index (χ3n) is 3.19. The summed E-state index contributed by atoms with van der Waals surface area (Å²) in [6.07, 6.45) is 0. The average Bonchev–Trinajstić information content (AvgIpc) is 2.45. The van der Waals surface area contributed by atoms with Crippen LogP contribution in [-0.2, 0) is 0 Å². The van der Waals surface area contributed by atoms with E-state index in [-0.39, 0.29) is 18.7 Å². The summed E-state index contributed by atoms with van der Waals surface area (Å²) in [5.41, 5.74) is 1.91. The topological polar surface area (TPSA) is 64.6 Å². The van der Waals surface area contributed by atoms with Crippen LogP contribution >= 0.6 is 0 Å². The van der Waals surface area contributed by atoms with Crippen molar-refractivity contribution in [2.45, 2.75) is 26.8 Å². The van der Waals surface area contributed by atoms with Gasteiger partial charge in [0.1, 0.15) is 0 Å². The van der Waals surface area contributed by atoms with Crippen LogP contribution in [-0.4, -0.2) is 42.3 Å². The Balaban J connectivity index is 2.72. The van der Waals surface area contributed by atoms with Crippen molar-refractivity contribution in [3.63, 3.8) is 0 Å². The van der Waals surface area contributed by atoms with E-state index in [9.17, 15) is 4.79 Å². The highest BCUT2D eigenvalue weighted by atomic mass is 16.3. The number of carbonyl (C=O) groups excluding carboxylic acids is 1. The Bertz CT molecular complexity index is 423. The predicted molar refractivity (Wildman–Crippen MR) is 81.9 cm³/mol. The number of rotatable bonds is 7. The summed E-state index contributed by atoms with van der Waals surface area (Å²) >= 11 is 0. The molecule has 0 heterocycles. The summed E-state index contributed by atoms with van der Waals surface area (Å²) in [7, 11) is 0. The van der Waals surface area contributed by atoms with Crippen molar-refractivity contribution in [2.75, 3.05) is 31.6 Å². The van der Waals surface area contributed by atoms with Crippen molar-refractivity contribution >= 4 is 11.7 Å². The first-order valence-corrected chi connectivity index (χ1v) is 7.12. The molecule has 0 aliphatic heterocycles. The zero-order valence-corrected chi connectivity index (χ0v) is 12.5. The molecule has 0 fully saturated rings. The van der Waals surface area contributed by atoms with Crippen molar-refractivity contribution in [3.8, 4) is 0 Å². The zero-order valence-electron chi connectivity index (χ0n) is 12.5. The van der Waals surface area contributed by atoms with Crippen LogP contribution in [0, 0.1) is 0 Å². The molecular weight excluding hydrogens is 254 g/mol. The fourth-order valence-corrected chi connectivity index (χ4v) is 2.04. The number of likely N-dealkylation sites (N-methyl/N-ethyl adjacent to an activating group) is 1. The first-order chi connectivity index (χ1) is 9.62. The maximum atomic E-state index is 12.0. The van der Waals surface area contributed by atoms with Gasteiger partial charge in [0.05, 0.1) is 6.61 Å². The van der Waals surface area contributed by atoms with E-state index in [2.05, 4.69) is 24.5 Å². The molecule has 1 atom stereocenters. The van der Waals surface area contributed by atoms with E-state index in [1.54, 1.807) is 4.90 Å². The Morgan fingerprint density at radius 3 is 2.75 bits per heavy atom. The van der Waals surface area contributed by atoms with Gasteiger partial charge < -0.3 is 20.6 Å². The molecule has 0 saturated heterocycles. The van der Waals surface area contributed by atoms with Gasteiger partial charge in [-0.2, -0.15) is 0 Å². The van der Waals surface area contributed by atoms with Crippen LogP contribution in [0.25, 0.3) is 0 Å². The number of aliphatic hydroxyl groups is 1. The van der Waals surface area contributed by atoms with E-state index in [0.717, 1.165) is 17.8 Å². The fraction of sp³-hybridized carbons (Fsp3) is 0.533. The predicted octanol–water partition coefficient (Wildman–Crippen LogP) is 2.20. The highest BCUT2D eigenvalue weighted by Crippen LogP contribution is 2.17. The molecule has 2 amide bonds. The standard InChI is InChI=1S/C15H25N3O2/c1-4-16-12(3)13-7-6-8-14(11-13)17-15(20)18(5-2)9-10-19/h6-8,11-12,16,19H,4-5,9-10H2,1-3H3,(H,17,20). The highest BCUT2D eigenvalue weighted by molar-refractivity contribution is 5.89. The SMILES string of the molecule is CCNC(C)c1cccc(NC(=O)N(CC)CCO)c1. The lowest BCUT2D eigenvalue weighted by Gasteiger charge is -2.21. The molecule has 1 aromatic rings. The minimum Gasteiger partial charge on any atom is -0.395 e. The van der Waals surface area contributed by atoms with Gasteiger partial charge in [-0.25, -0.2) is 4.79 Å². The molecule has 20 heavy (non-hydrogen) atoms. The number of anilines is 1. The van der Waals surface area contributed by atoms with Crippen molar-refractivity contribution in [1.29, 1.82) is 0 Å². The van der Waals surface area contributed by atoms with Gasteiger partial charge in [0.25, 0.3) is 0 Å². The molecule has 0 bridgehead atoms. The third kappa shape index (κ3) is 4.83. The number of nitrogens with zero attached hydrogens (tertiary/aromatic N) is 1. The van der Waals surface area contributed by atoms with Crippen molar-refractivity contribution in [3.05, 3.63) is 29.8 Å². The molecule has 0 spiro atoms. The number of hydrogen-bond donors (Lipinski definition) is 3. The van der Waals surface area contributed by atoms with Crippen LogP contribution in [0.3, 0.4) is 0 Å². The van der Waals surface area contributed by atoms with Gasteiger partial charge >= 0.3 is 6.03 Å². The number of hydrogen-bond acceptors (Lipinski definition) is 3. The first-order valence-electron chi connectivity index (χ1n) is 7.12. The quantitative estimate of drug-likeness (QED) is 0.717. The maximum absolute atomic E-state index is 12.0. The molecule has 0 radical (unpaired) electrons. The molecular formula is C15H25N3O2. The molecule has 0 saturated carbocycles. The first kappa shape index (κ1) is 16.5. The number of nitrogens with one attached hydrogen (secondary N) is 2. The molecule has 112 valence electrons. The lowest BCUT2D eigenvalue weighted by atomic mass is 10.1.